The van der Waals surface area contributed by atoms with Gasteiger partial charge in [0.1, 0.15) is 5.75 Å². The Labute approximate surface area is 110 Å². The third-order valence-corrected chi connectivity index (χ3v) is 2.98. The minimum atomic E-state index is -0.533. The summed E-state index contributed by atoms with van der Waals surface area (Å²) in [4.78, 5) is 13.2. The molecule has 1 atom stereocenters. The smallest absolute Gasteiger partial charge is 0.262 e. The van der Waals surface area contributed by atoms with E-state index in [2.05, 4.69) is 15.9 Å². The lowest BCUT2D eigenvalue weighted by Gasteiger charge is -2.20. The number of carbonyl (C=O) groups is 1. The van der Waals surface area contributed by atoms with Crippen molar-refractivity contribution < 1.29 is 9.53 Å². The molecule has 1 unspecified atom stereocenters. The van der Waals surface area contributed by atoms with Gasteiger partial charge in [-0.1, -0.05) is 12.1 Å². The first-order valence-corrected chi connectivity index (χ1v) is 6.12. The quantitative estimate of drug-likeness (QED) is 0.922. The van der Waals surface area contributed by atoms with Crippen LogP contribution in [0.5, 0.6) is 5.75 Å². The second-order valence-corrected chi connectivity index (χ2v) is 4.78. The fourth-order valence-corrected chi connectivity index (χ4v) is 1.94. The number of carbonyl (C=O) groups excluding carboxylic acids is 1. The monoisotopic (exact) mass is 300 g/mol. The fraction of sp³-hybridized carbons (Fsp3) is 0.417. The molecule has 0 spiro atoms. The largest absolute Gasteiger partial charge is 0.479 e. The molecular weight excluding hydrogens is 284 g/mol. The van der Waals surface area contributed by atoms with Gasteiger partial charge in [0.2, 0.25) is 0 Å². The molecule has 0 bridgehead atoms. The van der Waals surface area contributed by atoms with Crippen molar-refractivity contribution in [2.45, 2.75) is 19.6 Å². The van der Waals surface area contributed by atoms with Crippen molar-refractivity contribution >= 4 is 21.8 Å². The lowest BCUT2D eigenvalue weighted by Crippen LogP contribution is -2.35. The number of benzene rings is 1. The second-order valence-electron chi connectivity index (χ2n) is 3.92. The number of hydrogen-bond acceptors (Lipinski definition) is 3. The van der Waals surface area contributed by atoms with Gasteiger partial charge in [0.05, 0.1) is 4.47 Å². The third kappa shape index (κ3) is 3.44. The number of amides is 1. The van der Waals surface area contributed by atoms with Crippen molar-refractivity contribution in [3.63, 3.8) is 0 Å². The molecule has 0 aliphatic heterocycles. The number of hydrogen-bond donors (Lipinski definition) is 1. The summed E-state index contributed by atoms with van der Waals surface area (Å²) in [6.07, 6.45) is -0.533. The van der Waals surface area contributed by atoms with Crippen LogP contribution in [0.15, 0.2) is 22.7 Å². The topological polar surface area (TPSA) is 55.6 Å². The van der Waals surface area contributed by atoms with Crippen LogP contribution >= 0.6 is 15.9 Å². The molecule has 0 fully saturated rings. The van der Waals surface area contributed by atoms with E-state index in [9.17, 15) is 4.79 Å². The van der Waals surface area contributed by atoms with Crippen LogP contribution in [0.3, 0.4) is 0 Å². The number of para-hydroxylation sites is 1. The van der Waals surface area contributed by atoms with Gasteiger partial charge in [0, 0.05) is 26.2 Å². The molecule has 0 saturated heterocycles. The summed E-state index contributed by atoms with van der Waals surface area (Å²) in [6.45, 7) is 2.10. The van der Waals surface area contributed by atoms with E-state index < -0.39 is 6.10 Å². The number of halogens is 1. The lowest BCUT2D eigenvalue weighted by atomic mass is 10.2. The maximum absolute atomic E-state index is 11.7. The van der Waals surface area contributed by atoms with Crippen molar-refractivity contribution in [3.8, 4) is 5.75 Å². The van der Waals surface area contributed by atoms with Gasteiger partial charge in [-0.3, -0.25) is 4.79 Å². The normalized spacial score (nSPS) is 12.1. The van der Waals surface area contributed by atoms with Crippen molar-refractivity contribution in [2.75, 3.05) is 14.1 Å². The van der Waals surface area contributed by atoms with E-state index >= 15 is 0 Å². The predicted molar refractivity (Wildman–Crippen MR) is 70.8 cm³/mol. The molecule has 4 nitrogen and oxygen atoms in total. The van der Waals surface area contributed by atoms with Crippen LogP contribution in [0, 0.1) is 0 Å². The lowest BCUT2D eigenvalue weighted by molar-refractivity contribution is -0.135. The molecule has 0 aromatic heterocycles. The molecule has 0 aliphatic carbocycles. The first kappa shape index (κ1) is 14.0. The van der Waals surface area contributed by atoms with E-state index in [1.807, 2.05) is 18.2 Å². The van der Waals surface area contributed by atoms with Gasteiger partial charge < -0.3 is 15.4 Å². The molecule has 94 valence electrons. The van der Waals surface area contributed by atoms with Gasteiger partial charge in [-0.15, -0.1) is 0 Å². The highest BCUT2D eigenvalue weighted by Crippen LogP contribution is 2.29. The number of rotatable bonds is 4. The molecule has 5 heteroatoms. The predicted octanol–water partition coefficient (Wildman–Crippen LogP) is 1.76. The molecule has 1 amide bonds. The van der Waals surface area contributed by atoms with Crippen molar-refractivity contribution in [3.05, 3.63) is 28.2 Å². The Kier molecular flexibility index (Phi) is 4.96. The minimum Gasteiger partial charge on any atom is -0.479 e. The molecule has 0 saturated carbocycles. The van der Waals surface area contributed by atoms with Gasteiger partial charge in [-0.05, 0) is 28.9 Å². The van der Waals surface area contributed by atoms with Crippen molar-refractivity contribution in [1.82, 2.24) is 4.90 Å². The van der Waals surface area contributed by atoms with E-state index in [4.69, 9.17) is 10.5 Å². The van der Waals surface area contributed by atoms with Crippen molar-refractivity contribution in [1.29, 1.82) is 0 Å². The Morgan fingerprint density at radius 3 is 2.71 bits per heavy atom. The Morgan fingerprint density at radius 2 is 2.18 bits per heavy atom. The standard InChI is InChI=1S/C12H17BrN2O2/c1-8(12(16)15(2)3)17-11-9(7-14)5-4-6-10(11)13/h4-6,8H,7,14H2,1-3H3. The maximum atomic E-state index is 11.7. The summed E-state index contributed by atoms with van der Waals surface area (Å²) in [5.74, 6) is 0.557. The molecule has 2 N–H and O–H groups in total. The number of nitrogens with zero attached hydrogens (tertiary/aromatic N) is 1. The number of ether oxygens (including phenoxy) is 1. The van der Waals surface area contributed by atoms with Gasteiger partial charge in [-0.25, -0.2) is 0 Å². The minimum absolute atomic E-state index is 0.0799. The summed E-state index contributed by atoms with van der Waals surface area (Å²) >= 11 is 3.40. The van der Waals surface area contributed by atoms with E-state index in [0.29, 0.717) is 12.3 Å². The molecule has 17 heavy (non-hydrogen) atoms. The van der Waals surface area contributed by atoms with E-state index in [1.165, 1.54) is 4.90 Å². The highest BCUT2D eigenvalue weighted by Gasteiger charge is 2.19. The van der Waals surface area contributed by atoms with Crippen LogP contribution in [0.25, 0.3) is 0 Å². The Morgan fingerprint density at radius 1 is 1.53 bits per heavy atom. The fourth-order valence-electron chi connectivity index (χ4n) is 1.44. The van der Waals surface area contributed by atoms with Crippen LogP contribution in [0.4, 0.5) is 0 Å². The molecule has 0 heterocycles. The number of nitrogens with two attached hydrogens (primary N) is 1. The summed E-state index contributed by atoms with van der Waals surface area (Å²) in [7, 11) is 3.40. The van der Waals surface area contributed by atoms with Gasteiger partial charge in [0.15, 0.2) is 6.10 Å². The van der Waals surface area contributed by atoms with E-state index in [-0.39, 0.29) is 5.91 Å². The van der Waals surface area contributed by atoms with Crippen LogP contribution in [-0.4, -0.2) is 31.0 Å². The molecular formula is C12H17BrN2O2. The average molecular weight is 301 g/mol. The summed E-state index contributed by atoms with van der Waals surface area (Å²) in [6, 6.07) is 5.63. The number of likely N-dealkylation sites (N-methyl/N-ethyl adjacent to an activating group) is 1. The average Bonchev–Trinajstić information content (AvgIpc) is 2.30. The van der Waals surface area contributed by atoms with Gasteiger partial charge in [-0.2, -0.15) is 0 Å². The highest BCUT2D eigenvalue weighted by atomic mass is 79.9. The molecule has 1 aromatic rings. The Hall–Kier alpha value is -1.07. The van der Waals surface area contributed by atoms with E-state index in [1.54, 1.807) is 21.0 Å². The summed E-state index contributed by atoms with van der Waals surface area (Å²) < 4.78 is 6.48. The first-order valence-electron chi connectivity index (χ1n) is 5.32. The summed E-state index contributed by atoms with van der Waals surface area (Å²) in [5, 5.41) is 0. The van der Waals surface area contributed by atoms with Crippen LogP contribution < -0.4 is 10.5 Å². The zero-order valence-electron chi connectivity index (χ0n) is 10.2. The molecule has 1 aromatic carbocycles. The van der Waals surface area contributed by atoms with E-state index in [0.717, 1.165) is 10.0 Å². The molecule has 0 radical (unpaired) electrons. The zero-order chi connectivity index (χ0) is 13.0. The van der Waals surface area contributed by atoms with Crippen LogP contribution in [0.2, 0.25) is 0 Å². The molecule has 0 aliphatic rings. The van der Waals surface area contributed by atoms with Crippen molar-refractivity contribution in [2.24, 2.45) is 5.73 Å². The first-order chi connectivity index (χ1) is 7.97. The van der Waals surface area contributed by atoms with Gasteiger partial charge >= 0.3 is 0 Å². The summed E-state index contributed by atoms with van der Waals surface area (Å²) in [5.41, 5.74) is 6.51. The maximum Gasteiger partial charge on any atom is 0.262 e. The highest BCUT2D eigenvalue weighted by molar-refractivity contribution is 9.10. The Bertz CT molecular complexity index is 407. The Balaban J connectivity index is 2.91. The second kappa shape index (κ2) is 6.02. The van der Waals surface area contributed by atoms with Crippen LogP contribution in [-0.2, 0) is 11.3 Å². The molecule has 1 rings (SSSR count). The zero-order valence-corrected chi connectivity index (χ0v) is 11.8. The van der Waals surface area contributed by atoms with Gasteiger partial charge in [0.25, 0.3) is 5.91 Å². The van der Waals surface area contributed by atoms with Crippen LogP contribution in [0.1, 0.15) is 12.5 Å². The SMILES string of the molecule is CC(Oc1c(Br)cccc1CN)C(=O)N(C)C. The third-order valence-electron chi connectivity index (χ3n) is 2.35.